The number of nitrogens with zero attached hydrogens (tertiary/aromatic N) is 2. The van der Waals surface area contributed by atoms with Gasteiger partial charge in [0.15, 0.2) is 0 Å². The second kappa shape index (κ2) is 6.83. The van der Waals surface area contributed by atoms with Gasteiger partial charge in [-0.25, -0.2) is 9.78 Å². The fourth-order valence-corrected chi connectivity index (χ4v) is 4.18. The molecule has 1 aromatic rings. The van der Waals surface area contributed by atoms with Crippen LogP contribution in [0.3, 0.4) is 0 Å². The Morgan fingerprint density at radius 1 is 1.59 bits per heavy atom. The highest BCUT2D eigenvalue weighted by molar-refractivity contribution is 8.77. The van der Waals surface area contributed by atoms with Crippen molar-refractivity contribution in [3.8, 4) is 5.88 Å². The quantitative estimate of drug-likeness (QED) is 0.363. The number of ether oxygens (including phenoxy) is 1. The van der Waals surface area contributed by atoms with E-state index in [1.54, 1.807) is 0 Å². The summed E-state index contributed by atoms with van der Waals surface area (Å²) in [6.45, 7) is 1.05. The van der Waals surface area contributed by atoms with Gasteiger partial charge in [0.2, 0.25) is 5.88 Å². The van der Waals surface area contributed by atoms with Gasteiger partial charge in [0, 0.05) is 12.2 Å². The van der Waals surface area contributed by atoms with Gasteiger partial charge < -0.3 is 14.7 Å². The second-order valence-corrected chi connectivity index (χ2v) is 6.72. The van der Waals surface area contributed by atoms with Crippen molar-refractivity contribution < 1.29 is 29.4 Å². The topological polar surface area (TPSA) is 129 Å². The summed E-state index contributed by atoms with van der Waals surface area (Å²) in [5.41, 5.74) is 0.393. The number of carbonyl (C=O) groups excluding carboxylic acids is 1. The Labute approximate surface area is 131 Å². The van der Waals surface area contributed by atoms with Crippen LogP contribution in [0.4, 0.5) is 0 Å². The number of carboxylic acid groups (broad SMARTS) is 1. The molecule has 2 rings (SSSR count). The van der Waals surface area contributed by atoms with Crippen LogP contribution in [0, 0.1) is 10.1 Å². The van der Waals surface area contributed by atoms with Crippen molar-refractivity contribution in [1.82, 2.24) is 4.98 Å². The summed E-state index contributed by atoms with van der Waals surface area (Å²) < 4.78 is 4.81. The predicted molar refractivity (Wildman–Crippen MR) is 76.4 cm³/mol. The molecular weight excluding hydrogens is 336 g/mol. The summed E-state index contributed by atoms with van der Waals surface area (Å²) in [6.07, 6.45) is 0.370. The van der Waals surface area contributed by atoms with Crippen molar-refractivity contribution in [3.05, 3.63) is 27.3 Å². The van der Waals surface area contributed by atoms with Gasteiger partial charge in [0.05, 0.1) is 0 Å². The molecular formula is C11H10N2O7S2. The first-order chi connectivity index (χ1) is 10.4. The van der Waals surface area contributed by atoms with E-state index in [2.05, 4.69) is 9.82 Å². The first-order valence-corrected chi connectivity index (χ1v) is 8.14. The smallest absolute Gasteiger partial charge is 0.341 e. The summed E-state index contributed by atoms with van der Waals surface area (Å²) in [4.78, 5) is 40.8. The number of pyridine rings is 1. The number of fused-ring (bicyclic) bond motifs is 1. The number of carboxylic acids is 1. The Hall–Kier alpha value is -2.01. The molecule has 1 aliphatic heterocycles. The molecule has 1 aliphatic rings. The van der Waals surface area contributed by atoms with E-state index in [0.717, 1.165) is 6.92 Å². The van der Waals surface area contributed by atoms with E-state index < -0.39 is 17.0 Å². The van der Waals surface area contributed by atoms with Crippen LogP contribution in [0.1, 0.15) is 22.8 Å². The van der Waals surface area contributed by atoms with Crippen LogP contribution in [0.25, 0.3) is 0 Å². The van der Waals surface area contributed by atoms with Crippen molar-refractivity contribution >= 4 is 33.5 Å². The lowest BCUT2D eigenvalue weighted by molar-refractivity contribution is -0.757. The van der Waals surface area contributed by atoms with E-state index in [0.29, 0.717) is 17.0 Å². The number of hydrogen-bond acceptors (Lipinski definition) is 9. The highest BCUT2D eigenvalue weighted by atomic mass is 33.1. The van der Waals surface area contributed by atoms with E-state index in [4.69, 9.17) is 9.84 Å². The lowest BCUT2D eigenvalue weighted by Gasteiger charge is -2.22. The Kier molecular flexibility index (Phi) is 5.08. The number of rotatable bonds is 5. The average molecular weight is 346 g/mol. The molecule has 1 aromatic heterocycles. The molecule has 0 aromatic carbocycles. The lowest BCUT2D eigenvalue weighted by Crippen LogP contribution is -2.21. The zero-order valence-corrected chi connectivity index (χ0v) is 12.8. The van der Waals surface area contributed by atoms with E-state index >= 15 is 0 Å². The molecule has 1 N–H and O–H groups in total. The molecule has 0 radical (unpaired) electrons. The SMILES string of the molecule is CC(=O)Oc1nc2c(cc1C(=O)O)CC(CO[N+](=O)[O-])SS2. The molecule has 0 amide bonds. The van der Waals surface area contributed by atoms with Crippen molar-refractivity contribution in [2.45, 2.75) is 23.6 Å². The number of aromatic nitrogens is 1. The molecule has 22 heavy (non-hydrogen) atoms. The molecule has 1 atom stereocenters. The first-order valence-electron chi connectivity index (χ1n) is 5.93. The zero-order chi connectivity index (χ0) is 16.3. The fraction of sp³-hybridized carbons (Fsp3) is 0.364. The minimum atomic E-state index is -1.27. The minimum absolute atomic E-state index is 0.0990. The second-order valence-electron chi connectivity index (χ2n) is 4.23. The van der Waals surface area contributed by atoms with Crippen molar-refractivity contribution in [2.24, 2.45) is 0 Å². The van der Waals surface area contributed by atoms with Crippen molar-refractivity contribution in [3.63, 3.8) is 0 Å². The fourth-order valence-electron chi connectivity index (χ4n) is 1.73. The summed E-state index contributed by atoms with van der Waals surface area (Å²) in [5, 5.41) is 18.8. The van der Waals surface area contributed by atoms with Crippen molar-refractivity contribution in [1.29, 1.82) is 0 Å². The zero-order valence-electron chi connectivity index (χ0n) is 11.2. The van der Waals surface area contributed by atoms with E-state index in [-0.39, 0.29) is 23.3 Å². The van der Waals surface area contributed by atoms with Gasteiger partial charge in [-0.3, -0.25) is 4.79 Å². The first kappa shape index (κ1) is 16.4. The summed E-state index contributed by atoms with van der Waals surface area (Å²) in [7, 11) is 2.56. The van der Waals surface area contributed by atoms with Crippen LogP contribution in [0.2, 0.25) is 0 Å². The molecule has 0 saturated heterocycles. The van der Waals surface area contributed by atoms with E-state index in [1.165, 1.54) is 27.7 Å². The van der Waals surface area contributed by atoms with Crippen LogP contribution in [0.5, 0.6) is 5.88 Å². The number of hydrogen-bond donors (Lipinski definition) is 1. The van der Waals surface area contributed by atoms with Crippen LogP contribution >= 0.6 is 21.6 Å². The van der Waals surface area contributed by atoms with E-state index in [9.17, 15) is 19.7 Å². The molecule has 0 bridgehead atoms. The summed E-state index contributed by atoms with van der Waals surface area (Å²) >= 11 is 0. The third-order valence-corrected chi connectivity index (χ3v) is 5.34. The normalized spacial score (nSPS) is 16.5. The highest BCUT2D eigenvalue weighted by Gasteiger charge is 2.26. The maximum Gasteiger partial charge on any atom is 0.341 e. The predicted octanol–water partition coefficient (Wildman–Crippen LogP) is 1.58. The van der Waals surface area contributed by atoms with Gasteiger partial charge in [-0.15, -0.1) is 10.1 Å². The molecule has 0 fully saturated rings. The molecule has 0 saturated carbocycles. The summed E-state index contributed by atoms with van der Waals surface area (Å²) in [6, 6.07) is 1.37. The number of carbonyl (C=O) groups is 2. The largest absolute Gasteiger partial charge is 0.477 e. The van der Waals surface area contributed by atoms with Crippen LogP contribution < -0.4 is 4.74 Å². The van der Waals surface area contributed by atoms with Crippen LogP contribution in [-0.2, 0) is 16.1 Å². The highest BCUT2D eigenvalue weighted by Crippen LogP contribution is 2.43. The van der Waals surface area contributed by atoms with Crippen LogP contribution in [0.15, 0.2) is 11.1 Å². The molecule has 0 aliphatic carbocycles. The Bertz CT molecular complexity index is 637. The average Bonchev–Trinajstić information content (AvgIpc) is 2.43. The Morgan fingerprint density at radius 3 is 2.91 bits per heavy atom. The third-order valence-electron chi connectivity index (χ3n) is 2.57. The van der Waals surface area contributed by atoms with Crippen LogP contribution in [-0.4, -0.2) is 39.0 Å². The summed E-state index contributed by atoms with van der Waals surface area (Å²) in [5.74, 6) is -2.19. The van der Waals surface area contributed by atoms with Gasteiger partial charge in [-0.1, -0.05) is 10.8 Å². The maximum atomic E-state index is 11.2. The molecule has 11 heteroatoms. The maximum absolute atomic E-state index is 11.2. The lowest BCUT2D eigenvalue weighted by atomic mass is 10.1. The molecule has 9 nitrogen and oxygen atoms in total. The molecule has 2 heterocycles. The number of aromatic carboxylic acids is 1. The monoisotopic (exact) mass is 346 g/mol. The molecule has 118 valence electrons. The van der Waals surface area contributed by atoms with Gasteiger partial charge in [-0.2, -0.15) is 0 Å². The van der Waals surface area contributed by atoms with Gasteiger partial charge >= 0.3 is 11.9 Å². The minimum Gasteiger partial charge on any atom is -0.477 e. The van der Waals surface area contributed by atoms with Gasteiger partial charge in [0.25, 0.3) is 5.09 Å². The van der Waals surface area contributed by atoms with Gasteiger partial charge in [-0.05, 0) is 28.8 Å². The standard InChI is InChI=1S/C11H10N2O7S2/c1-5(14)20-9-8(11(15)16)3-6-2-7(4-19-13(17)18)21-22-10(6)12-9/h3,7H,2,4H2,1H3,(H,15,16). The number of esters is 1. The van der Waals surface area contributed by atoms with Crippen molar-refractivity contribution in [2.75, 3.05) is 6.61 Å². The van der Waals surface area contributed by atoms with E-state index in [1.807, 2.05) is 0 Å². The molecule has 1 unspecified atom stereocenters. The Balaban J connectivity index is 2.24. The Morgan fingerprint density at radius 2 is 2.32 bits per heavy atom. The van der Waals surface area contributed by atoms with Gasteiger partial charge in [0.1, 0.15) is 17.2 Å². The third kappa shape index (κ3) is 4.01. The molecule has 0 spiro atoms.